The van der Waals surface area contributed by atoms with Crippen molar-refractivity contribution in [3.05, 3.63) is 52.0 Å². The minimum absolute atomic E-state index is 0.0351. The third-order valence-corrected chi connectivity index (χ3v) is 3.16. The first-order valence-corrected chi connectivity index (χ1v) is 5.85. The van der Waals surface area contributed by atoms with E-state index in [9.17, 15) is 4.39 Å². The summed E-state index contributed by atoms with van der Waals surface area (Å²) in [6.07, 6.45) is 0.0351. The molecule has 1 aromatic carbocycles. The molecule has 1 aromatic heterocycles. The van der Waals surface area contributed by atoms with Gasteiger partial charge in [0.2, 0.25) is 5.95 Å². The van der Waals surface area contributed by atoms with Crippen molar-refractivity contribution in [1.82, 2.24) is 4.98 Å². The van der Waals surface area contributed by atoms with Gasteiger partial charge in [-0.3, -0.25) is 0 Å². The molecule has 2 aromatic rings. The van der Waals surface area contributed by atoms with Crippen LogP contribution in [0.15, 0.2) is 30.3 Å². The molecule has 0 amide bonds. The van der Waals surface area contributed by atoms with Crippen LogP contribution in [-0.2, 0) is 6.42 Å². The first-order valence-electron chi connectivity index (χ1n) is 5.09. The van der Waals surface area contributed by atoms with Crippen LogP contribution < -0.4 is 0 Å². The second-order valence-electron chi connectivity index (χ2n) is 3.59. The fourth-order valence-corrected chi connectivity index (χ4v) is 1.91. The molecule has 0 radical (unpaired) electrons. The number of pyridine rings is 1. The number of hydrogen-bond acceptors (Lipinski definition) is 2. The number of halogens is 3. The topological polar surface area (TPSA) is 36.7 Å². The number of benzene rings is 1. The average Bonchev–Trinajstić information content (AvgIpc) is 2.34. The van der Waals surface area contributed by atoms with E-state index in [1.807, 2.05) is 6.07 Å². The molecule has 18 heavy (non-hydrogen) atoms. The highest BCUT2D eigenvalue weighted by atomic mass is 35.5. The Morgan fingerprint density at radius 1 is 1.17 bits per heavy atom. The molecule has 2 rings (SSSR count). The van der Waals surface area contributed by atoms with Gasteiger partial charge in [0.25, 0.3) is 0 Å². The van der Waals surface area contributed by atoms with Gasteiger partial charge >= 0.3 is 0 Å². The normalized spacial score (nSPS) is 10.1. The van der Waals surface area contributed by atoms with Crippen LogP contribution >= 0.6 is 23.2 Å². The molecule has 0 N–H and O–H groups in total. The summed E-state index contributed by atoms with van der Waals surface area (Å²) in [4.78, 5) is 3.73. The maximum atomic E-state index is 13.1. The third kappa shape index (κ3) is 2.61. The van der Waals surface area contributed by atoms with Crippen molar-refractivity contribution < 1.29 is 4.39 Å². The Labute approximate surface area is 114 Å². The molecular formula is C13H7Cl2FN2. The van der Waals surface area contributed by atoms with Crippen molar-refractivity contribution in [2.24, 2.45) is 0 Å². The van der Waals surface area contributed by atoms with E-state index in [0.29, 0.717) is 21.3 Å². The number of hydrogen-bond donors (Lipinski definition) is 0. The number of rotatable bonds is 2. The minimum Gasteiger partial charge on any atom is -0.223 e. The smallest absolute Gasteiger partial charge is 0.213 e. The van der Waals surface area contributed by atoms with Crippen molar-refractivity contribution in [1.29, 1.82) is 5.26 Å². The fourth-order valence-electron chi connectivity index (χ4n) is 1.61. The molecule has 0 fully saturated rings. The van der Waals surface area contributed by atoms with Crippen molar-refractivity contribution in [2.75, 3.05) is 0 Å². The van der Waals surface area contributed by atoms with E-state index in [2.05, 4.69) is 4.98 Å². The van der Waals surface area contributed by atoms with Gasteiger partial charge in [-0.25, -0.2) is 4.98 Å². The van der Waals surface area contributed by atoms with Crippen LogP contribution in [-0.4, -0.2) is 4.98 Å². The van der Waals surface area contributed by atoms with E-state index in [0.717, 1.165) is 5.56 Å². The monoisotopic (exact) mass is 280 g/mol. The maximum absolute atomic E-state index is 13.1. The van der Waals surface area contributed by atoms with Crippen LogP contribution in [0.3, 0.4) is 0 Å². The van der Waals surface area contributed by atoms with Gasteiger partial charge in [-0.15, -0.1) is 0 Å². The highest BCUT2D eigenvalue weighted by molar-refractivity contribution is 6.42. The molecule has 90 valence electrons. The largest absolute Gasteiger partial charge is 0.223 e. The lowest BCUT2D eigenvalue weighted by Gasteiger charge is -2.07. The zero-order chi connectivity index (χ0) is 13.1. The number of nitriles is 1. The Morgan fingerprint density at radius 2 is 1.94 bits per heavy atom. The zero-order valence-electron chi connectivity index (χ0n) is 9.12. The molecule has 0 spiro atoms. The van der Waals surface area contributed by atoms with Crippen LogP contribution in [0.2, 0.25) is 10.0 Å². The van der Waals surface area contributed by atoms with E-state index < -0.39 is 5.95 Å². The Kier molecular flexibility index (Phi) is 3.81. The summed E-state index contributed by atoms with van der Waals surface area (Å²) in [5.74, 6) is -0.607. The van der Waals surface area contributed by atoms with E-state index in [4.69, 9.17) is 28.5 Å². The van der Waals surface area contributed by atoms with Gasteiger partial charge < -0.3 is 0 Å². The summed E-state index contributed by atoms with van der Waals surface area (Å²) in [5.41, 5.74) is 1.81. The fraction of sp³-hybridized carbons (Fsp3) is 0.0769. The molecule has 0 saturated heterocycles. The van der Waals surface area contributed by atoms with Crippen molar-refractivity contribution in [3.63, 3.8) is 0 Å². The number of aromatic nitrogens is 1. The van der Waals surface area contributed by atoms with Gasteiger partial charge in [-0.1, -0.05) is 29.3 Å². The van der Waals surface area contributed by atoms with Crippen molar-refractivity contribution in [2.45, 2.75) is 6.42 Å². The van der Waals surface area contributed by atoms with Crippen molar-refractivity contribution in [3.8, 4) is 17.2 Å². The van der Waals surface area contributed by atoms with E-state index in [1.54, 1.807) is 24.3 Å². The minimum atomic E-state index is -0.607. The van der Waals surface area contributed by atoms with E-state index in [1.165, 1.54) is 6.07 Å². The van der Waals surface area contributed by atoms with Crippen LogP contribution in [0.25, 0.3) is 11.1 Å². The molecule has 1 heterocycles. The summed E-state index contributed by atoms with van der Waals surface area (Å²) in [6.45, 7) is 0. The van der Waals surface area contributed by atoms with Gasteiger partial charge in [0.15, 0.2) is 0 Å². The van der Waals surface area contributed by atoms with E-state index >= 15 is 0 Å². The first kappa shape index (κ1) is 12.8. The highest BCUT2D eigenvalue weighted by Crippen LogP contribution is 2.30. The number of nitrogens with zero attached hydrogens (tertiary/aromatic N) is 2. The van der Waals surface area contributed by atoms with Crippen LogP contribution in [0.5, 0.6) is 0 Å². The first-order chi connectivity index (χ1) is 8.61. The average molecular weight is 281 g/mol. The van der Waals surface area contributed by atoms with Gasteiger partial charge in [0.05, 0.1) is 28.2 Å². The van der Waals surface area contributed by atoms with Gasteiger partial charge in [-0.2, -0.15) is 9.65 Å². The van der Waals surface area contributed by atoms with Crippen molar-refractivity contribution >= 4 is 23.2 Å². The lowest BCUT2D eigenvalue weighted by Crippen LogP contribution is -1.96. The molecular weight excluding hydrogens is 274 g/mol. The Balaban J connectivity index is 2.56. The molecule has 0 unspecified atom stereocenters. The van der Waals surface area contributed by atoms with Gasteiger partial charge in [-0.05, 0) is 29.8 Å². The Bertz CT molecular complexity index is 635. The summed E-state index contributed by atoms with van der Waals surface area (Å²) in [7, 11) is 0. The molecule has 0 atom stereocenters. The lowest BCUT2D eigenvalue weighted by molar-refractivity contribution is 0.579. The quantitative estimate of drug-likeness (QED) is 0.771. The maximum Gasteiger partial charge on any atom is 0.213 e. The molecule has 2 nitrogen and oxygen atoms in total. The van der Waals surface area contributed by atoms with E-state index in [-0.39, 0.29) is 6.42 Å². The highest BCUT2D eigenvalue weighted by Gasteiger charge is 2.09. The summed E-state index contributed by atoms with van der Waals surface area (Å²) in [5, 5.41) is 9.57. The second-order valence-corrected chi connectivity index (χ2v) is 4.41. The molecule has 0 bridgehead atoms. The summed E-state index contributed by atoms with van der Waals surface area (Å²) < 4.78 is 13.1. The van der Waals surface area contributed by atoms with Crippen LogP contribution in [0.1, 0.15) is 5.69 Å². The summed E-state index contributed by atoms with van der Waals surface area (Å²) >= 11 is 11.8. The summed E-state index contributed by atoms with van der Waals surface area (Å²) in [6, 6.07) is 9.86. The zero-order valence-corrected chi connectivity index (χ0v) is 10.6. The molecule has 0 aliphatic heterocycles. The standard InChI is InChI=1S/C13H7Cl2FN2/c14-10-3-1-8(7-11(10)15)9-2-4-13(16)18-12(9)5-6-17/h1-4,7H,5H2. The van der Waals surface area contributed by atoms with Gasteiger partial charge in [0, 0.05) is 5.56 Å². The third-order valence-electron chi connectivity index (χ3n) is 2.42. The Hall–Kier alpha value is -1.63. The molecule has 0 saturated carbocycles. The van der Waals surface area contributed by atoms with Crippen LogP contribution in [0, 0.1) is 17.3 Å². The molecule has 0 aliphatic carbocycles. The predicted molar refractivity (Wildman–Crippen MR) is 69.0 cm³/mol. The Morgan fingerprint density at radius 3 is 2.61 bits per heavy atom. The molecule has 5 heteroatoms. The predicted octanol–water partition coefficient (Wildman–Crippen LogP) is 4.26. The lowest BCUT2D eigenvalue weighted by atomic mass is 10.0. The van der Waals surface area contributed by atoms with Crippen LogP contribution in [0.4, 0.5) is 4.39 Å². The second kappa shape index (κ2) is 5.34. The van der Waals surface area contributed by atoms with Gasteiger partial charge in [0.1, 0.15) is 0 Å². The SMILES string of the molecule is N#CCc1nc(F)ccc1-c1ccc(Cl)c(Cl)c1. The molecule has 0 aliphatic rings.